The van der Waals surface area contributed by atoms with Crippen LogP contribution in [-0.2, 0) is 6.61 Å². The second-order valence-corrected chi connectivity index (χ2v) is 4.46. The smallest absolute Gasteiger partial charge is 0.259 e. The monoisotopic (exact) mass is 267 g/mol. The highest BCUT2D eigenvalue weighted by Gasteiger charge is 2.13. The SMILES string of the molecule is O=C(Nc1cccc(CO)c1)c1coc2ccccc12. The van der Waals surface area contributed by atoms with E-state index in [2.05, 4.69) is 5.32 Å². The molecule has 0 saturated heterocycles. The summed E-state index contributed by atoms with van der Waals surface area (Å²) in [7, 11) is 0. The van der Waals surface area contributed by atoms with E-state index in [1.807, 2.05) is 24.3 Å². The summed E-state index contributed by atoms with van der Waals surface area (Å²) in [5, 5.41) is 12.7. The first-order valence-electron chi connectivity index (χ1n) is 6.25. The average molecular weight is 267 g/mol. The minimum absolute atomic E-state index is 0.0572. The number of benzene rings is 2. The van der Waals surface area contributed by atoms with Crippen molar-refractivity contribution in [3.63, 3.8) is 0 Å². The molecular formula is C16H13NO3. The van der Waals surface area contributed by atoms with Crippen molar-refractivity contribution in [2.45, 2.75) is 6.61 Å². The Hall–Kier alpha value is -2.59. The van der Waals surface area contributed by atoms with Gasteiger partial charge in [0.1, 0.15) is 11.8 Å². The fourth-order valence-corrected chi connectivity index (χ4v) is 2.10. The number of nitrogens with one attached hydrogen (secondary N) is 1. The zero-order valence-electron chi connectivity index (χ0n) is 10.7. The molecule has 1 heterocycles. The van der Waals surface area contributed by atoms with E-state index < -0.39 is 0 Å². The van der Waals surface area contributed by atoms with Gasteiger partial charge in [-0.25, -0.2) is 0 Å². The molecule has 0 aliphatic heterocycles. The van der Waals surface area contributed by atoms with Gasteiger partial charge in [0.2, 0.25) is 0 Å². The zero-order chi connectivity index (χ0) is 13.9. The lowest BCUT2D eigenvalue weighted by Crippen LogP contribution is -2.11. The van der Waals surface area contributed by atoms with Crippen molar-refractivity contribution in [3.8, 4) is 0 Å². The summed E-state index contributed by atoms with van der Waals surface area (Å²) in [5.41, 5.74) is 2.57. The number of furan rings is 1. The van der Waals surface area contributed by atoms with Gasteiger partial charge < -0.3 is 14.8 Å². The number of fused-ring (bicyclic) bond motifs is 1. The number of para-hydroxylation sites is 1. The third-order valence-electron chi connectivity index (χ3n) is 3.09. The maximum atomic E-state index is 12.3. The van der Waals surface area contributed by atoms with E-state index >= 15 is 0 Å². The van der Waals surface area contributed by atoms with Crippen LogP contribution in [-0.4, -0.2) is 11.0 Å². The molecule has 1 aromatic heterocycles. The Morgan fingerprint density at radius 1 is 1.15 bits per heavy atom. The predicted octanol–water partition coefficient (Wildman–Crippen LogP) is 3.18. The quantitative estimate of drug-likeness (QED) is 0.766. The Morgan fingerprint density at radius 3 is 2.85 bits per heavy atom. The molecule has 100 valence electrons. The lowest BCUT2D eigenvalue weighted by Gasteiger charge is -2.05. The second-order valence-electron chi connectivity index (χ2n) is 4.46. The minimum atomic E-state index is -0.231. The van der Waals surface area contributed by atoms with E-state index in [1.54, 1.807) is 24.3 Å². The van der Waals surface area contributed by atoms with Gasteiger partial charge in [-0.3, -0.25) is 4.79 Å². The molecule has 0 spiro atoms. The molecule has 0 aliphatic carbocycles. The summed E-state index contributed by atoms with van der Waals surface area (Å²) in [6, 6.07) is 14.5. The molecule has 1 amide bonds. The zero-order valence-corrected chi connectivity index (χ0v) is 10.7. The van der Waals surface area contributed by atoms with E-state index in [0.29, 0.717) is 16.8 Å². The molecule has 4 nitrogen and oxygen atoms in total. The van der Waals surface area contributed by atoms with Crippen molar-refractivity contribution >= 4 is 22.6 Å². The molecule has 0 saturated carbocycles. The summed E-state index contributed by atoms with van der Waals surface area (Å²) in [4.78, 5) is 12.3. The Labute approximate surface area is 115 Å². The van der Waals surface area contributed by atoms with Gasteiger partial charge in [-0.15, -0.1) is 0 Å². The number of aliphatic hydroxyl groups is 1. The molecule has 3 rings (SSSR count). The van der Waals surface area contributed by atoms with E-state index in [1.165, 1.54) is 6.26 Å². The number of hydrogen-bond donors (Lipinski definition) is 2. The van der Waals surface area contributed by atoms with Gasteiger partial charge in [-0.2, -0.15) is 0 Å². The summed E-state index contributed by atoms with van der Waals surface area (Å²) in [5.74, 6) is -0.231. The molecule has 2 N–H and O–H groups in total. The lowest BCUT2D eigenvalue weighted by molar-refractivity contribution is 0.102. The highest BCUT2D eigenvalue weighted by molar-refractivity contribution is 6.12. The van der Waals surface area contributed by atoms with E-state index in [0.717, 1.165) is 10.9 Å². The number of hydrogen-bond acceptors (Lipinski definition) is 3. The fourth-order valence-electron chi connectivity index (χ4n) is 2.10. The maximum absolute atomic E-state index is 12.3. The van der Waals surface area contributed by atoms with Gasteiger partial charge in [-0.05, 0) is 23.8 Å². The Balaban J connectivity index is 1.89. The predicted molar refractivity (Wildman–Crippen MR) is 76.5 cm³/mol. The van der Waals surface area contributed by atoms with Gasteiger partial charge in [0.15, 0.2) is 0 Å². The van der Waals surface area contributed by atoms with Gasteiger partial charge in [0, 0.05) is 11.1 Å². The van der Waals surface area contributed by atoms with Crippen LogP contribution < -0.4 is 5.32 Å². The number of anilines is 1. The molecule has 20 heavy (non-hydrogen) atoms. The summed E-state index contributed by atoms with van der Waals surface area (Å²) in [6.07, 6.45) is 1.45. The molecule has 0 aliphatic rings. The van der Waals surface area contributed by atoms with Gasteiger partial charge in [0.05, 0.1) is 12.2 Å². The van der Waals surface area contributed by atoms with Crippen LogP contribution in [0.3, 0.4) is 0 Å². The molecule has 0 radical (unpaired) electrons. The van der Waals surface area contributed by atoms with Crippen molar-refractivity contribution < 1.29 is 14.3 Å². The Kier molecular flexibility index (Phi) is 3.23. The van der Waals surface area contributed by atoms with Crippen LogP contribution in [0.5, 0.6) is 0 Å². The molecule has 2 aromatic carbocycles. The highest BCUT2D eigenvalue weighted by atomic mass is 16.3. The average Bonchev–Trinajstić information content (AvgIpc) is 2.91. The van der Waals surface area contributed by atoms with Crippen LogP contribution in [0.4, 0.5) is 5.69 Å². The molecule has 0 fully saturated rings. The van der Waals surface area contributed by atoms with E-state index in [-0.39, 0.29) is 12.5 Å². The third kappa shape index (κ3) is 2.29. The van der Waals surface area contributed by atoms with Crippen molar-refractivity contribution in [2.75, 3.05) is 5.32 Å². The van der Waals surface area contributed by atoms with E-state index in [4.69, 9.17) is 9.52 Å². The molecular weight excluding hydrogens is 254 g/mol. The lowest BCUT2D eigenvalue weighted by atomic mass is 10.1. The second kappa shape index (κ2) is 5.19. The van der Waals surface area contributed by atoms with Crippen LogP contribution in [0.2, 0.25) is 0 Å². The number of carbonyl (C=O) groups excluding carboxylic acids is 1. The first-order chi connectivity index (χ1) is 9.78. The van der Waals surface area contributed by atoms with Crippen LogP contribution in [0, 0.1) is 0 Å². The number of aliphatic hydroxyl groups excluding tert-OH is 1. The van der Waals surface area contributed by atoms with Crippen LogP contribution in [0.25, 0.3) is 11.0 Å². The number of amides is 1. The number of carbonyl (C=O) groups is 1. The van der Waals surface area contributed by atoms with Gasteiger partial charge in [-0.1, -0.05) is 30.3 Å². The maximum Gasteiger partial charge on any atom is 0.259 e. The molecule has 0 atom stereocenters. The van der Waals surface area contributed by atoms with E-state index in [9.17, 15) is 4.79 Å². The molecule has 0 unspecified atom stereocenters. The van der Waals surface area contributed by atoms with Crippen molar-refractivity contribution in [1.82, 2.24) is 0 Å². The van der Waals surface area contributed by atoms with Crippen molar-refractivity contribution in [3.05, 3.63) is 65.9 Å². The van der Waals surface area contributed by atoms with Crippen LogP contribution in [0.1, 0.15) is 15.9 Å². The number of rotatable bonds is 3. The summed E-state index contributed by atoms with van der Waals surface area (Å²) >= 11 is 0. The standard InChI is InChI=1S/C16H13NO3/c18-9-11-4-3-5-12(8-11)17-16(19)14-10-20-15-7-2-1-6-13(14)15/h1-8,10,18H,9H2,(H,17,19). The largest absolute Gasteiger partial charge is 0.463 e. The Morgan fingerprint density at radius 2 is 2.00 bits per heavy atom. The highest BCUT2D eigenvalue weighted by Crippen LogP contribution is 2.22. The fraction of sp³-hybridized carbons (Fsp3) is 0.0625. The van der Waals surface area contributed by atoms with Crippen LogP contribution >= 0.6 is 0 Å². The third-order valence-corrected chi connectivity index (χ3v) is 3.09. The van der Waals surface area contributed by atoms with Crippen molar-refractivity contribution in [2.24, 2.45) is 0 Å². The topological polar surface area (TPSA) is 62.5 Å². The Bertz CT molecular complexity index is 761. The minimum Gasteiger partial charge on any atom is -0.463 e. The molecule has 4 heteroatoms. The van der Waals surface area contributed by atoms with Gasteiger partial charge in [0.25, 0.3) is 5.91 Å². The first kappa shape index (κ1) is 12.4. The molecule has 3 aromatic rings. The summed E-state index contributed by atoms with van der Waals surface area (Å²) < 4.78 is 5.35. The van der Waals surface area contributed by atoms with Crippen molar-refractivity contribution in [1.29, 1.82) is 0 Å². The van der Waals surface area contributed by atoms with Crippen LogP contribution in [0.15, 0.2) is 59.2 Å². The first-order valence-corrected chi connectivity index (χ1v) is 6.25. The summed E-state index contributed by atoms with van der Waals surface area (Å²) in [6.45, 7) is -0.0572. The normalized spacial score (nSPS) is 10.7. The van der Waals surface area contributed by atoms with Gasteiger partial charge >= 0.3 is 0 Å². The molecule has 0 bridgehead atoms.